The SMILES string of the molecule is CCOC(=O)C1=C(C)N=c2s/c(=C\c3ccc(-c4cccc(C(=O)O)c4C)o3)c(=O)n2[C@H]1c1ccc(OC)c(OC)c1. The number of allylic oxidation sites excluding steroid dienone is 1. The molecule has 1 aliphatic heterocycles. The van der Waals surface area contributed by atoms with Crippen LogP contribution < -0.4 is 24.4 Å². The molecule has 42 heavy (non-hydrogen) atoms. The molecule has 1 atom stereocenters. The second-order valence-electron chi connectivity index (χ2n) is 9.40. The van der Waals surface area contributed by atoms with Crippen LogP contribution >= 0.6 is 11.3 Å². The summed E-state index contributed by atoms with van der Waals surface area (Å²) in [5, 5.41) is 9.48. The highest BCUT2D eigenvalue weighted by molar-refractivity contribution is 7.07. The first kappa shape index (κ1) is 28.6. The van der Waals surface area contributed by atoms with Gasteiger partial charge in [-0.3, -0.25) is 9.36 Å². The predicted octanol–water partition coefficient (Wildman–Crippen LogP) is 4.08. The summed E-state index contributed by atoms with van der Waals surface area (Å²) in [6.45, 7) is 5.31. The van der Waals surface area contributed by atoms with Crippen LogP contribution in [0, 0.1) is 6.92 Å². The lowest BCUT2D eigenvalue weighted by atomic mass is 9.95. The van der Waals surface area contributed by atoms with Gasteiger partial charge in [0.05, 0.1) is 48.2 Å². The molecular formula is C31H28N2O8S. The molecule has 0 amide bonds. The van der Waals surface area contributed by atoms with Gasteiger partial charge in [0.25, 0.3) is 5.56 Å². The first-order valence-corrected chi connectivity index (χ1v) is 13.8. The van der Waals surface area contributed by atoms with Gasteiger partial charge in [0.2, 0.25) is 0 Å². The van der Waals surface area contributed by atoms with Gasteiger partial charge in [-0.1, -0.05) is 29.5 Å². The van der Waals surface area contributed by atoms with E-state index in [0.717, 1.165) is 0 Å². The fraction of sp³-hybridized carbons (Fsp3) is 0.226. The van der Waals surface area contributed by atoms with Gasteiger partial charge in [-0.15, -0.1) is 0 Å². The monoisotopic (exact) mass is 588 g/mol. The number of aromatic carboxylic acids is 1. The lowest BCUT2D eigenvalue weighted by molar-refractivity contribution is -0.139. The van der Waals surface area contributed by atoms with Gasteiger partial charge >= 0.3 is 11.9 Å². The zero-order chi connectivity index (χ0) is 30.1. The molecule has 11 heteroatoms. The minimum absolute atomic E-state index is 0.161. The molecule has 3 heterocycles. The summed E-state index contributed by atoms with van der Waals surface area (Å²) >= 11 is 1.17. The number of nitrogens with zero attached hydrogens (tertiary/aromatic N) is 2. The average molecular weight is 589 g/mol. The second kappa shape index (κ2) is 11.5. The van der Waals surface area contributed by atoms with E-state index in [2.05, 4.69) is 4.99 Å². The molecule has 0 bridgehead atoms. The summed E-state index contributed by atoms with van der Waals surface area (Å²) in [6.07, 6.45) is 1.61. The van der Waals surface area contributed by atoms with E-state index in [4.69, 9.17) is 18.6 Å². The lowest BCUT2D eigenvalue weighted by Gasteiger charge is -2.25. The highest BCUT2D eigenvalue weighted by Gasteiger charge is 2.34. The first-order valence-electron chi connectivity index (χ1n) is 13.0. The maximum Gasteiger partial charge on any atom is 0.338 e. The number of carboxylic acids is 1. The van der Waals surface area contributed by atoms with Crippen molar-refractivity contribution in [3.05, 3.63) is 102 Å². The molecular weight excluding hydrogens is 560 g/mol. The second-order valence-corrected chi connectivity index (χ2v) is 10.4. The molecule has 216 valence electrons. The molecule has 1 aliphatic rings. The summed E-state index contributed by atoms with van der Waals surface area (Å²) in [5.74, 6) is 0.231. The number of ether oxygens (including phenoxy) is 3. The molecule has 10 nitrogen and oxygen atoms in total. The van der Waals surface area contributed by atoms with Crippen molar-refractivity contribution >= 4 is 29.4 Å². The number of thiazole rings is 1. The molecule has 2 aromatic carbocycles. The molecule has 0 radical (unpaired) electrons. The Balaban J connectivity index is 1.65. The summed E-state index contributed by atoms with van der Waals surface area (Å²) in [5.41, 5.74) is 2.33. The number of benzene rings is 2. The molecule has 5 rings (SSSR count). The Morgan fingerprint density at radius 2 is 1.86 bits per heavy atom. The highest BCUT2D eigenvalue weighted by Crippen LogP contribution is 2.36. The zero-order valence-electron chi connectivity index (χ0n) is 23.6. The maximum atomic E-state index is 13.9. The van der Waals surface area contributed by atoms with E-state index in [1.165, 1.54) is 36.2 Å². The molecule has 4 aromatic rings. The van der Waals surface area contributed by atoms with Crippen molar-refractivity contribution in [3.63, 3.8) is 0 Å². The molecule has 0 saturated heterocycles. The maximum absolute atomic E-state index is 13.9. The van der Waals surface area contributed by atoms with Crippen molar-refractivity contribution in [1.29, 1.82) is 0 Å². The fourth-order valence-electron chi connectivity index (χ4n) is 4.97. The molecule has 0 saturated carbocycles. The Morgan fingerprint density at radius 1 is 1.10 bits per heavy atom. The molecule has 2 aromatic heterocycles. The van der Waals surface area contributed by atoms with E-state index in [0.29, 0.717) is 54.7 Å². The average Bonchev–Trinajstić information content (AvgIpc) is 3.55. The summed E-state index contributed by atoms with van der Waals surface area (Å²) in [6, 6.07) is 12.8. The lowest BCUT2D eigenvalue weighted by Crippen LogP contribution is -2.39. The van der Waals surface area contributed by atoms with Crippen LogP contribution in [-0.4, -0.2) is 42.4 Å². The number of carbonyl (C=O) groups excluding carboxylic acids is 1. The Kier molecular flexibility index (Phi) is 7.86. The smallest absolute Gasteiger partial charge is 0.338 e. The quantitative estimate of drug-likeness (QED) is 0.305. The molecule has 0 aliphatic carbocycles. The minimum atomic E-state index is -1.02. The van der Waals surface area contributed by atoms with Crippen molar-refractivity contribution in [2.24, 2.45) is 4.99 Å². The topological polar surface area (TPSA) is 130 Å². The van der Waals surface area contributed by atoms with Gasteiger partial charge in [-0.05, 0) is 62.2 Å². The number of hydrogen-bond donors (Lipinski definition) is 1. The largest absolute Gasteiger partial charge is 0.493 e. The van der Waals surface area contributed by atoms with Gasteiger partial charge in [-0.25, -0.2) is 14.6 Å². The van der Waals surface area contributed by atoms with Crippen LogP contribution in [-0.2, 0) is 9.53 Å². The van der Waals surface area contributed by atoms with Gasteiger partial charge in [0.15, 0.2) is 16.3 Å². The fourth-order valence-corrected chi connectivity index (χ4v) is 6.00. The number of carboxylic acid groups (broad SMARTS) is 1. The Morgan fingerprint density at radius 3 is 2.55 bits per heavy atom. The first-order chi connectivity index (χ1) is 20.2. The molecule has 0 spiro atoms. The highest BCUT2D eigenvalue weighted by atomic mass is 32.1. The van der Waals surface area contributed by atoms with Crippen LogP contribution in [0.1, 0.15) is 47.1 Å². The zero-order valence-corrected chi connectivity index (χ0v) is 24.4. The van der Waals surface area contributed by atoms with Crippen LogP contribution in [0.25, 0.3) is 17.4 Å². The van der Waals surface area contributed by atoms with Crippen LogP contribution in [0.4, 0.5) is 0 Å². The Labute approximate surface area is 244 Å². The van der Waals surface area contributed by atoms with E-state index >= 15 is 0 Å². The molecule has 0 unspecified atom stereocenters. The number of esters is 1. The van der Waals surface area contributed by atoms with E-state index in [9.17, 15) is 19.5 Å². The standard InChI is InChI=1S/C31H28N2O8S/c1-6-40-30(37)26-17(3)32-31-33(27(26)18-10-12-23(38-4)24(14-18)39-5)28(34)25(42-31)15-19-11-13-22(41-19)20-8-7-9-21(16(20)2)29(35)36/h7-15,27H,6H2,1-5H3,(H,35,36)/b25-15-/t27-/m0/s1. The van der Waals surface area contributed by atoms with Crippen molar-refractivity contribution in [3.8, 4) is 22.8 Å². The number of methoxy groups -OCH3 is 2. The van der Waals surface area contributed by atoms with E-state index in [-0.39, 0.29) is 23.3 Å². The normalized spacial score (nSPS) is 14.8. The van der Waals surface area contributed by atoms with Crippen LogP contribution in [0.3, 0.4) is 0 Å². The third-order valence-corrected chi connectivity index (χ3v) is 7.95. The Hall–Kier alpha value is -4.90. The van der Waals surface area contributed by atoms with Gasteiger partial charge < -0.3 is 23.7 Å². The van der Waals surface area contributed by atoms with Crippen molar-refractivity contribution < 1.29 is 33.3 Å². The van der Waals surface area contributed by atoms with Gasteiger partial charge in [0.1, 0.15) is 11.5 Å². The van der Waals surface area contributed by atoms with Crippen molar-refractivity contribution in [1.82, 2.24) is 4.57 Å². The van der Waals surface area contributed by atoms with Crippen molar-refractivity contribution in [2.45, 2.75) is 26.8 Å². The van der Waals surface area contributed by atoms with Gasteiger partial charge in [0, 0.05) is 11.6 Å². The van der Waals surface area contributed by atoms with Crippen LogP contribution in [0.2, 0.25) is 0 Å². The van der Waals surface area contributed by atoms with Gasteiger partial charge in [-0.2, -0.15) is 0 Å². The van der Waals surface area contributed by atoms with E-state index in [1.54, 1.807) is 69.3 Å². The van der Waals surface area contributed by atoms with Crippen LogP contribution in [0.5, 0.6) is 11.5 Å². The number of furan rings is 1. The minimum Gasteiger partial charge on any atom is -0.493 e. The number of carbonyl (C=O) groups is 2. The van der Waals surface area contributed by atoms with E-state index in [1.807, 2.05) is 0 Å². The molecule has 1 N–H and O–H groups in total. The van der Waals surface area contributed by atoms with Crippen molar-refractivity contribution in [2.75, 3.05) is 20.8 Å². The summed E-state index contributed by atoms with van der Waals surface area (Å²) in [4.78, 5) is 43.6. The molecule has 0 fully saturated rings. The third-order valence-electron chi connectivity index (χ3n) is 6.97. The number of fused-ring (bicyclic) bond motifs is 1. The number of aromatic nitrogens is 1. The van der Waals surface area contributed by atoms with E-state index < -0.39 is 18.0 Å². The summed E-state index contributed by atoms with van der Waals surface area (Å²) in [7, 11) is 3.04. The predicted molar refractivity (Wildman–Crippen MR) is 156 cm³/mol. The third kappa shape index (κ3) is 5.03. The van der Waals surface area contributed by atoms with Crippen LogP contribution in [0.15, 0.2) is 74.0 Å². The number of hydrogen-bond acceptors (Lipinski definition) is 9. The Bertz CT molecular complexity index is 1930. The number of rotatable bonds is 8. The summed E-state index contributed by atoms with van der Waals surface area (Å²) < 4.78 is 24.1.